The molecule has 34 heavy (non-hydrogen) atoms. The lowest BCUT2D eigenvalue weighted by Gasteiger charge is -2.23. The molecule has 8 nitrogen and oxygen atoms in total. The Hall–Kier alpha value is -2.98. The third-order valence-electron chi connectivity index (χ3n) is 5.31. The van der Waals surface area contributed by atoms with Crippen molar-refractivity contribution in [2.75, 3.05) is 26.8 Å². The third-order valence-corrected chi connectivity index (χ3v) is 6.76. The molecule has 0 atom stereocenters. The number of nitro groups is 1. The van der Waals surface area contributed by atoms with Crippen molar-refractivity contribution >= 4 is 51.1 Å². The van der Waals surface area contributed by atoms with Gasteiger partial charge in [0, 0.05) is 66.6 Å². The number of non-ortho nitro benzene ring substituents is 1. The van der Waals surface area contributed by atoms with E-state index in [9.17, 15) is 14.9 Å². The molecule has 2 aromatic carbocycles. The standard InChI is InChI=1S/C23H20Cl2N4O4S/c1-33-11-10-27(22(30)19-7-6-17(29(31)32)12-20(19)25)9-8-18-14-34-23-26-21(13-28(18)23)15-2-4-16(24)5-3-15/h2-7,12-14H,8-11H2,1H3. The summed E-state index contributed by atoms with van der Waals surface area (Å²) in [5, 5.41) is 13.7. The molecular weight excluding hydrogens is 499 g/mol. The Morgan fingerprint density at radius 1 is 1.21 bits per heavy atom. The van der Waals surface area contributed by atoms with Crippen LogP contribution in [0.5, 0.6) is 0 Å². The van der Waals surface area contributed by atoms with Gasteiger partial charge in [-0.3, -0.25) is 19.3 Å². The number of hydrogen-bond donors (Lipinski definition) is 0. The van der Waals surface area contributed by atoms with E-state index in [4.69, 9.17) is 32.9 Å². The van der Waals surface area contributed by atoms with Gasteiger partial charge in [0.15, 0.2) is 4.96 Å². The third kappa shape index (κ3) is 5.23. The number of thiazole rings is 1. The molecule has 0 bridgehead atoms. The van der Waals surface area contributed by atoms with Crippen LogP contribution in [0.1, 0.15) is 16.1 Å². The van der Waals surface area contributed by atoms with Gasteiger partial charge in [0.25, 0.3) is 11.6 Å². The van der Waals surface area contributed by atoms with Gasteiger partial charge in [0.1, 0.15) is 0 Å². The summed E-state index contributed by atoms with van der Waals surface area (Å²) in [7, 11) is 1.56. The summed E-state index contributed by atoms with van der Waals surface area (Å²) in [6, 6.07) is 11.4. The van der Waals surface area contributed by atoms with Crippen LogP contribution < -0.4 is 0 Å². The smallest absolute Gasteiger partial charge is 0.270 e. The molecule has 0 spiro atoms. The number of rotatable bonds is 9. The lowest BCUT2D eigenvalue weighted by molar-refractivity contribution is -0.384. The van der Waals surface area contributed by atoms with Gasteiger partial charge in [-0.15, -0.1) is 11.3 Å². The second-order valence-corrected chi connectivity index (χ2v) is 9.15. The number of methoxy groups -OCH3 is 1. The minimum atomic E-state index is -0.548. The minimum absolute atomic E-state index is 0.0433. The Bertz CT molecular complexity index is 1340. The van der Waals surface area contributed by atoms with Crippen LogP contribution in [0, 0.1) is 10.1 Å². The number of aromatic nitrogens is 2. The Morgan fingerprint density at radius 3 is 2.65 bits per heavy atom. The Labute approximate surface area is 209 Å². The van der Waals surface area contributed by atoms with Crippen molar-refractivity contribution in [2.24, 2.45) is 0 Å². The predicted octanol–water partition coefficient (Wildman–Crippen LogP) is 5.61. The molecule has 2 aromatic heterocycles. The lowest BCUT2D eigenvalue weighted by Crippen LogP contribution is -2.36. The summed E-state index contributed by atoms with van der Waals surface area (Å²) in [6.45, 7) is 1.12. The van der Waals surface area contributed by atoms with Crippen LogP contribution in [-0.2, 0) is 11.2 Å². The summed E-state index contributed by atoms with van der Waals surface area (Å²) < 4.78 is 7.19. The monoisotopic (exact) mass is 518 g/mol. The summed E-state index contributed by atoms with van der Waals surface area (Å²) >= 11 is 13.7. The lowest BCUT2D eigenvalue weighted by atomic mass is 10.1. The van der Waals surface area contributed by atoms with E-state index in [1.165, 1.54) is 29.5 Å². The first kappa shape index (κ1) is 24.2. The summed E-state index contributed by atoms with van der Waals surface area (Å²) in [5.74, 6) is -0.309. The van der Waals surface area contributed by atoms with E-state index in [1.54, 1.807) is 12.0 Å². The molecule has 11 heteroatoms. The Morgan fingerprint density at radius 2 is 1.97 bits per heavy atom. The Kier molecular flexibility index (Phi) is 7.47. The largest absolute Gasteiger partial charge is 0.383 e. The highest BCUT2D eigenvalue weighted by atomic mass is 35.5. The highest BCUT2D eigenvalue weighted by Gasteiger charge is 2.21. The number of benzene rings is 2. The van der Waals surface area contributed by atoms with Crippen LogP contribution >= 0.6 is 34.5 Å². The zero-order valence-corrected chi connectivity index (χ0v) is 20.4. The molecule has 4 aromatic rings. The van der Waals surface area contributed by atoms with Gasteiger partial charge in [-0.1, -0.05) is 35.3 Å². The summed E-state index contributed by atoms with van der Waals surface area (Å²) in [5.41, 5.74) is 2.87. The number of nitrogens with zero attached hydrogens (tertiary/aromatic N) is 4. The molecule has 4 rings (SSSR count). The highest BCUT2D eigenvalue weighted by molar-refractivity contribution is 7.15. The topological polar surface area (TPSA) is 90.0 Å². The molecule has 0 aliphatic heterocycles. The van der Waals surface area contributed by atoms with E-state index >= 15 is 0 Å². The molecule has 0 fully saturated rings. The maximum Gasteiger partial charge on any atom is 0.270 e. The van der Waals surface area contributed by atoms with E-state index in [2.05, 4.69) is 0 Å². The first-order valence-electron chi connectivity index (χ1n) is 10.3. The second kappa shape index (κ2) is 10.5. The zero-order valence-electron chi connectivity index (χ0n) is 18.1. The fourth-order valence-electron chi connectivity index (χ4n) is 3.50. The molecule has 0 unspecified atom stereocenters. The molecule has 1 amide bonds. The zero-order chi connectivity index (χ0) is 24.2. The molecule has 0 radical (unpaired) electrons. The van der Waals surface area contributed by atoms with Crippen molar-refractivity contribution < 1.29 is 14.5 Å². The SMILES string of the molecule is COCCN(CCc1csc2nc(-c3ccc(Cl)cc3)cn12)C(=O)c1ccc([N+](=O)[O-])cc1Cl. The van der Waals surface area contributed by atoms with Crippen LogP contribution in [0.25, 0.3) is 16.2 Å². The van der Waals surface area contributed by atoms with Gasteiger partial charge < -0.3 is 9.64 Å². The number of hydrogen-bond acceptors (Lipinski definition) is 6. The van der Waals surface area contributed by atoms with Crippen molar-refractivity contribution in [1.29, 1.82) is 0 Å². The quantitative estimate of drug-likeness (QED) is 0.212. The fraction of sp³-hybridized carbons (Fsp3) is 0.217. The molecule has 2 heterocycles. The maximum absolute atomic E-state index is 13.2. The average molecular weight is 519 g/mol. The Balaban J connectivity index is 1.53. The number of nitro benzene ring substituents is 1. The summed E-state index contributed by atoms with van der Waals surface area (Å²) in [4.78, 5) is 30.8. The van der Waals surface area contributed by atoms with Crippen molar-refractivity contribution in [1.82, 2.24) is 14.3 Å². The summed E-state index contributed by atoms with van der Waals surface area (Å²) in [6.07, 6.45) is 2.55. The fourth-order valence-corrected chi connectivity index (χ4v) is 4.79. The van der Waals surface area contributed by atoms with E-state index in [0.29, 0.717) is 31.1 Å². The van der Waals surface area contributed by atoms with Crippen LogP contribution in [-0.4, -0.2) is 51.9 Å². The number of halogens is 2. The molecule has 0 saturated carbocycles. The van der Waals surface area contributed by atoms with Gasteiger partial charge in [-0.05, 0) is 18.2 Å². The molecule has 0 N–H and O–H groups in total. The number of imidazole rings is 1. The second-order valence-electron chi connectivity index (χ2n) is 7.47. The average Bonchev–Trinajstić information content (AvgIpc) is 3.40. The predicted molar refractivity (Wildman–Crippen MR) is 133 cm³/mol. The van der Waals surface area contributed by atoms with Gasteiger partial charge in [-0.2, -0.15) is 0 Å². The molecule has 0 aliphatic carbocycles. The van der Waals surface area contributed by atoms with Crippen molar-refractivity contribution in [2.45, 2.75) is 6.42 Å². The van der Waals surface area contributed by atoms with Crippen molar-refractivity contribution in [3.8, 4) is 11.3 Å². The molecule has 0 aliphatic rings. The number of carbonyl (C=O) groups excluding carboxylic acids is 1. The van der Waals surface area contributed by atoms with Crippen molar-refractivity contribution in [3.63, 3.8) is 0 Å². The van der Waals surface area contributed by atoms with Gasteiger partial charge in [0.05, 0.1) is 27.8 Å². The first-order chi connectivity index (χ1) is 16.4. The molecule has 176 valence electrons. The maximum atomic E-state index is 13.2. The van der Waals surface area contributed by atoms with Crippen LogP contribution in [0.15, 0.2) is 54.0 Å². The molecular formula is C23H20Cl2N4O4S. The van der Waals surface area contributed by atoms with E-state index in [1.807, 2.05) is 40.2 Å². The first-order valence-corrected chi connectivity index (χ1v) is 11.9. The van der Waals surface area contributed by atoms with Gasteiger partial charge >= 0.3 is 0 Å². The number of ether oxygens (including phenoxy) is 1. The normalized spacial score (nSPS) is 11.1. The van der Waals surface area contributed by atoms with Gasteiger partial charge in [-0.25, -0.2) is 4.98 Å². The highest BCUT2D eigenvalue weighted by Crippen LogP contribution is 2.26. The minimum Gasteiger partial charge on any atom is -0.383 e. The molecule has 0 saturated heterocycles. The van der Waals surface area contributed by atoms with E-state index in [-0.39, 0.29) is 22.2 Å². The van der Waals surface area contributed by atoms with E-state index < -0.39 is 4.92 Å². The number of amides is 1. The van der Waals surface area contributed by atoms with Crippen LogP contribution in [0.3, 0.4) is 0 Å². The van der Waals surface area contributed by atoms with Crippen LogP contribution in [0.4, 0.5) is 5.69 Å². The number of fused-ring (bicyclic) bond motifs is 1. The number of carbonyl (C=O) groups is 1. The van der Waals surface area contributed by atoms with Crippen LogP contribution in [0.2, 0.25) is 10.0 Å². The van der Waals surface area contributed by atoms with Gasteiger partial charge in [0.2, 0.25) is 0 Å². The van der Waals surface area contributed by atoms with Crippen molar-refractivity contribution in [3.05, 3.63) is 85.5 Å². The van der Waals surface area contributed by atoms with E-state index in [0.717, 1.165) is 21.9 Å².